The van der Waals surface area contributed by atoms with Crippen LogP contribution in [0, 0.1) is 5.92 Å². The Morgan fingerprint density at radius 2 is 2.00 bits per heavy atom. The molecule has 0 fully saturated rings. The second kappa shape index (κ2) is 5.86. The molecular formula is C12H14F3NO2. The summed E-state index contributed by atoms with van der Waals surface area (Å²) in [5.41, 5.74) is -1.37. The van der Waals surface area contributed by atoms with Crippen LogP contribution in [0.15, 0.2) is 24.3 Å². The predicted molar refractivity (Wildman–Crippen MR) is 60.0 cm³/mol. The number of amides is 1. The standard InChI is InChI=1S/C12H14F3NO2/c1-8(7-17)6-16-11(18)9-4-2-3-5-10(9)12(13,14)15/h2-5,8,17H,6-7H2,1H3,(H,16,18). The highest BCUT2D eigenvalue weighted by Crippen LogP contribution is 2.31. The second-order valence-corrected chi connectivity index (χ2v) is 4.04. The van der Waals surface area contributed by atoms with Crippen molar-refractivity contribution in [2.45, 2.75) is 13.1 Å². The molecule has 1 aromatic carbocycles. The Bertz CT molecular complexity index is 418. The third kappa shape index (κ3) is 3.73. The first-order valence-corrected chi connectivity index (χ1v) is 5.41. The molecule has 0 bridgehead atoms. The van der Waals surface area contributed by atoms with Gasteiger partial charge in [-0.05, 0) is 18.1 Å². The fourth-order valence-corrected chi connectivity index (χ4v) is 1.36. The first-order chi connectivity index (χ1) is 8.36. The number of carbonyl (C=O) groups excluding carboxylic acids is 1. The third-order valence-electron chi connectivity index (χ3n) is 2.40. The van der Waals surface area contributed by atoms with E-state index in [1.54, 1.807) is 6.92 Å². The topological polar surface area (TPSA) is 49.3 Å². The quantitative estimate of drug-likeness (QED) is 0.871. The number of hydrogen-bond donors (Lipinski definition) is 2. The van der Waals surface area contributed by atoms with Crippen LogP contribution in [-0.4, -0.2) is 24.2 Å². The average Bonchev–Trinajstić information content (AvgIpc) is 2.34. The van der Waals surface area contributed by atoms with Gasteiger partial charge in [0.1, 0.15) is 0 Å². The molecule has 1 rings (SSSR count). The summed E-state index contributed by atoms with van der Waals surface area (Å²) in [7, 11) is 0. The van der Waals surface area contributed by atoms with Gasteiger partial charge in [-0.2, -0.15) is 13.2 Å². The fraction of sp³-hybridized carbons (Fsp3) is 0.417. The first kappa shape index (κ1) is 14.5. The number of benzene rings is 1. The van der Waals surface area contributed by atoms with E-state index in [9.17, 15) is 18.0 Å². The maximum absolute atomic E-state index is 12.7. The van der Waals surface area contributed by atoms with Crippen LogP contribution in [0.2, 0.25) is 0 Å². The lowest BCUT2D eigenvalue weighted by Gasteiger charge is -2.14. The SMILES string of the molecule is CC(CO)CNC(=O)c1ccccc1C(F)(F)F. The minimum Gasteiger partial charge on any atom is -0.396 e. The van der Waals surface area contributed by atoms with Crippen LogP contribution in [0.3, 0.4) is 0 Å². The molecule has 0 aliphatic carbocycles. The maximum Gasteiger partial charge on any atom is 0.417 e. The zero-order chi connectivity index (χ0) is 13.8. The van der Waals surface area contributed by atoms with E-state index >= 15 is 0 Å². The molecular weight excluding hydrogens is 247 g/mol. The van der Waals surface area contributed by atoms with Crippen molar-refractivity contribution in [2.24, 2.45) is 5.92 Å². The average molecular weight is 261 g/mol. The summed E-state index contributed by atoms with van der Waals surface area (Å²) in [4.78, 5) is 11.6. The molecule has 1 atom stereocenters. The molecule has 0 spiro atoms. The summed E-state index contributed by atoms with van der Waals surface area (Å²) in [6.07, 6.45) is -4.56. The molecule has 6 heteroatoms. The van der Waals surface area contributed by atoms with E-state index in [0.717, 1.165) is 12.1 Å². The molecule has 0 aliphatic rings. The molecule has 18 heavy (non-hydrogen) atoms. The van der Waals surface area contributed by atoms with Gasteiger partial charge in [0.2, 0.25) is 0 Å². The van der Waals surface area contributed by atoms with Gasteiger partial charge in [-0.3, -0.25) is 4.79 Å². The normalized spacial score (nSPS) is 13.2. The summed E-state index contributed by atoms with van der Waals surface area (Å²) < 4.78 is 38.0. The molecule has 0 aliphatic heterocycles. The molecule has 100 valence electrons. The number of aliphatic hydroxyl groups excluding tert-OH is 1. The largest absolute Gasteiger partial charge is 0.417 e. The van der Waals surface area contributed by atoms with E-state index in [4.69, 9.17) is 5.11 Å². The third-order valence-corrected chi connectivity index (χ3v) is 2.40. The van der Waals surface area contributed by atoms with Crippen molar-refractivity contribution in [2.75, 3.05) is 13.2 Å². The van der Waals surface area contributed by atoms with E-state index in [0.29, 0.717) is 0 Å². The number of hydrogen-bond acceptors (Lipinski definition) is 2. The lowest BCUT2D eigenvalue weighted by atomic mass is 10.1. The number of rotatable bonds is 4. The van der Waals surface area contributed by atoms with Gasteiger partial charge in [0, 0.05) is 13.2 Å². The lowest BCUT2D eigenvalue weighted by Crippen LogP contribution is -2.31. The fourth-order valence-electron chi connectivity index (χ4n) is 1.36. The molecule has 0 saturated heterocycles. The summed E-state index contributed by atoms with van der Waals surface area (Å²) in [6.45, 7) is 1.67. The van der Waals surface area contributed by atoms with Crippen molar-refractivity contribution in [3.8, 4) is 0 Å². The smallest absolute Gasteiger partial charge is 0.396 e. The molecule has 0 aromatic heterocycles. The van der Waals surface area contributed by atoms with Crippen LogP contribution in [0.5, 0.6) is 0 Å². The molecule has 2 N–H and O–H groups in total. The van der Waals surface area contributed by atoms with Crippen LogP contribution in [0.25, 0.3) is 0 Å². The Hall–Kier alpha value is -1.56. The van der Waals surface area contributed by atoms with Gasteiger partial charge < -0.3 is 10.4 Å². The van der Waals surface area contributed by atoms with Gasteiger partial charge >= 0.3 is 6.18 Å². The van der Waals surface area contributed by atoms with Gasteiger partial charge in [-0.25, -0.2) is 0 Å². The van der Waals surface area contributed by atoms with E-state index in [1.165, 1.54) is 12.1 Å². The van der Waals surface area contributed by atoms with Crippen LogP contribution < -0.4 is 5.32 Å². The Morgan fingerprint density at radius 3 is 2.56 bits per heavy atom. The number of aliphatic hydroxyl groups is 1. The van der Waals surface area contributed by atoms with Crippen molar-refractivity contribution in [3.63, 3.8) is 0 Å². The van der Waals surface area contributed by atoms with Gasteiger partial charge in [0.15, 0.2) is 0 Å². The van der Waals surface area contributed by atoms with Crippen LogP contribution in [0.1, 0.15) is 22.8 Å². The first-order valence-electron chi connectivity index (χ1n) is 5.41. The lowest BCUT2D eigenvalue weighted by molar-refractivity contribution is -0.137. The van der Waals surface area contributed by atoms with Gasteiger partial charge in [0.25, 0.3) is 5.91 Å². The highest BCUT2D eigenvalue weighted by molar-refractivity contribution is 5.95. The van der Waals surface area contributed by atoms with Crippen molar-refractivity contribution >= 4 is 5.91 Å². The Balaban J connectivity index is 2.86. The molecule has 1 aromatic rings. The van der Waals surface area contributed by atoms with E-state index in [-0.39, 0.29) is 19.1 Å². The van der Waals surface area contributed by atoms with E-state index in [1.807, 2.05) is 0 Å². The molecule has 3 nitrogen and oxygen atoms in total. The zero-order valence-corrected chi connectivity index (χ0v) is 9.79. The summed E-state index contributed by atoms with van der Waals surface area (Å²) in [5, 5.41) is 11.1. The minimum absolute atomic E-state index is 0.127. The van der Waals surface area contributed by atoms with Crippen molar-refractivity contribution < 1.29 is 23.1 Å². The highest BCUT2D eigenvalue weighted by Gasteiger charge is 2.34. The van der Waals surface area contributed by atoms with Gasteiger partial charge in [-0.1, -0.05) is 19.1 Å². The molecule has 1 unspecified atom stereocenters. The number of halogens is 3. The van der Waals surface area contributed by atoms with Gasteiger partial charge in [-0.15, -0.1) is 0 Å². The molecule has 1 amide bonds. The highest BCUT2D eigenvalue weighted by atomic mass is 19.4. The van der Waals surface area contributed by atoms with Crippen molar-refractivity contribution in [3.05, 3.63) is 35.4 Å². The van der Waals surface area contributed by atoms with Crippen LogP contribution >= 0.6 is 0 Å². The monoisotopic (exact) mass is 261 g/mol. The molecule has 0 radical (unpaired) electrons. The molecule has 0 heterocycles. The van der Waals surface area contributed by atoms with Crippen molar-refractivity contribution in [1.29, 1.82) is 0 Å². The predicted octanol–water partition coefficient (Wildman–Crippen LogP) is 2.06. The second-order valence-electron chi connectivity index (χ2n) is 4.04. The van der Waals surface area contributed by atoms with E-state index < -0.39 is 23.2 Å². The van der Waals surface area contributed by atoms with Crippen LogP contribution in [-0.2, 0) is 6.18 Å². The van der Waals surface area contributed by atoms with Crippen LogP contribution in [0.4, 0.5) is 13.2 Å². The maximum atomic E-state index is 12.7. The Labute approximate surface area is 103 Å². The Morgan fingerprint density at radius 1 is 1.39 bits per heavy atom. The summed E-state index contributed by atoms with van der Waals surface area (Å²) >= 11 is 0. The number of alkyl halides is 3. The number of nitrogens with one attached hydrogen (secondary N) is 1. The Kier molecular flexibility index (Phi) is 4.72. The van der Waals surface area contributed by atoms with E-state index in [2.05, 4.69) is 5.32 Å². The number of carbonyl (C=O) groups is 1. The molecule has 0 saturated carbocycles. The minimum atomic E-state index is -4.56. The summed E-state index contributed by atoms with van der Waals surface area (Å²) in [5.74, 6) is -0.991. The summed E-state index contributed by atoms with van der Waals surface area (Å²) in [6, 6.07) is 4.60. The van der Waals surface area contributed by atoms with Crippen molar-refractivity contribution in [1.82, 2.24) is 5.32 Å². The van der Waals surface area contributed by atoms with Gasteiger partial charge in [0.05, 0.1) is 11.1 Å². The zero-order valence-electron chi connectivity index (χ0n) is 9.79.